The van der Waals surface area contributed by atoms with Gasteiger partial charge >= 0.3 is 5.92 Å². The quantitative estimate of drug-likeness (QED) is 0.359. The highest BCUT2D eigenvalue weighted by molar-refractivity contribution is 5.76. The van der Waals surface area contributed by atoms with Gasteiger partial charge in [0.05, 0.1) is 38.0 Å². The van der Waals surface area contributed by atoms with E-state index < -0.39 is 31.1 Å². The average molecular weight is 635 g/mol. The van der Waals surface area contributed by atoms with E-state index in [2.05, 4.69) is 49.1 Å². The normalized spacial score (nSPS) is 21.7. The Morgan fingerprint density at radius 2 is 1.98 bits per heavy atom. The summed E-state index contributed by atoms with van der Waals surface area (Å²) in [6.07, 6.45) is -0.489. The number of amides is 1. The molecular formula is C32H36F2N8O4. The van der Waals surface area contributed by atoms with Gasteiger partial charge < -0.3 is 29.7 Å². The van der Waals surface area contributed by atoms with Gasteiger partial charge in [0, 0.05) is 62.0 Å². The highest BCUT2D eigenvalue weighted by Crippen LogP contribution is 2.34. The molecule has 2 N–H and O–H groups in total. The third-order valence-electron chi connectivity index (χ3n) is 8.66. The number of alkyl halides is 2. The number of carbonyl (C=O) groups is 1. The Kier molecular flexibility index (Phi) is 9.25. The van der Waals surface area contributed by atoms with Crippen molar-refractivity contribution in [1.29, 1.82) is 5.26 Å². The van der Waals surface area contributed by atoms with Gasteiger partial charge in [-0.1, -0.05) is 0 Å². The molecule has 0 aliphatic carbocycles. The van der Waals surface area contributed by atoms with Crippen LogP contribution in [0.25, 0.3) is 11.4 Å². The van der Waals surface area contributed by atoms with E-state index in [-0.39, 0.29) is 30.7 Å². The van der Waals surface area contributed by atoms with Crippen LogP contribution < -0.4 is 15.0 Å². The van der Waals surface area contributed by atoms with Crippen molar-refractivity contribution < 1.29 is 28.2 Å². The van der Waals surface area contributed by atoms with Crippen molar-refractivity contribution in [2.24, 2.45) is 0 Å². The predicted octanol–water partition coefficient (Wildman–Crippen LogP) is 3.06. The zero-order valence-electron chi connectivity index (χ0n) is 25.5. The van der Waals surface area contributed by atoms with Gasteiger partial charge in [-0.2, -0.15) is 10.2 Å². The number of ether oxygens (including phenoxy) is 2. The van der Waals surface area contributed by atoms with Gasteiger partial charge in [-0.25, -0.2) is 18.7 Å². The van der Waals surface area contributed by atoms with Crippen LogP contribution in [0.15, 0.2) is 48.8 Å². The molecule has 3 fully saturated rings. The van der Waals surface area contributed by atoms with E-state index in [0.29, 0.717) is 29.4 Å². The topological polar surface area (TPSA) is 140 Å². The van der Waals surface area contributed by atoms with Crippen LogP contribution in [0.1, 0.15) is 25.3 Å². The van der Waals surface area contributed by atoms with Crippen molar-refractivity contribution in [2.45, 2.75) is 43.9 Å². The Labute approximate surface area is 265 Å². The molecule has 0 spiro atoms. The lowest BCUT2D eigenvalue weighted by Gasteiger charge is -2.46. The third kappa shape index (κ3) is 6.86. The molecule has 0 saturated carbocycles. The maximum absolute atomic E-state index is 14.9. The lowest BCUT2D eigenvalue weighted by Crippen LogP contribution is -2.59. The lowest BCUT2D eigenvalue weighted by molar-refractivity contribution is -0.160. The molecule has 3 aromatic rings. The number of benzene rings is 2. The predicted molar refractivity (Wildman–Crippen MR) is 165 cm³/mol. The number of carbonyl (C=O) groups excluding carboxylic acids is 1. The molecule has 1 aromatic heterocycles. The number of rotatable bonds is 9. The molecule has 1 amide bonds. The van der Waals surface area contributed by atoms with Gasteiger partial charge in [-0.15, -0.1) is 0 Å². The van der Waals surface area contributed by atoms with Crippen molar-refractivity contribution in [2.75, 3.05) is 62.8 Å². The molecule has 3 saturated heterocycles. The van der Waals surface area contributed by atoms with Crippen LogP contribution in [0.4, 0.5) is 26.1 Å². The van der Waals surface area contributed by atoms with E-state index in [1.807, 2.05) is 18.2 Å². The minimum atomic E-state index is -3.33. The van der Waals surface area contributed by atoms with E-state index >= 15 is 0 Å². The highest BCUT2D eigenvalue weighted by Gasteiger charge is 2.47. The maximum atomic E-state index is 14.9. The van der Waals surface area contributed by atoms with Crippen molar-refractivity contribution in [3.8, 4) is 23.2 Å². The van der Waals surface area contributed by atoms with Gasteiger partial charge in [0.1, 0.15) is 18.1 Å². The van der Waals surface area contributed by atoms with Crippen molar-refractivity contribution in [3.05, 3.63) is 54.4 Å². The largest absolute Gasteiger partial charge is 0.483 e. The van der Waals surface area contributed by atoms with Crippen LogP contribution in [0.5, 0.6) is 5.75 Å². The number of anilines is 3. The summed E-state index contributed by atoms with van der Waals surface area (Å²) in [5.74, 6) is -3.26. The second kappa shape index (κ2) is 13.5. The molecule has 46 heavy (non-hydrogen) atoms. The fourth-order valence-corrected chi connectivity index (χ4v) is 6.04. The summed E-state index contributed by atoms with van der Waals surface area (Å²) >= 11 is 0. The Morgan fingerprint density at radius 1 is 1.17 bits per heavy atom. The third-order valence-corrected chi connectivity index (χ3v) is 8.66. The minimum Gasteiger partial charge on any atom is -0.483 e. The van der Waals surface area contributed by atoms with Gasteiger partial charge in [-0.05, 0) is 49.4 Å². The first kappa shape index (κ1) is 31.5. The molecule has 2 aromatic carbocycles. The van der Waals surface area contributed by atoms with E-state index in [4.69, 9.17) is 14.6 Å². The van der Waals surface area contributed by atoms with E-state index in [1.54, 1.807) is 6.07 Å². The van der Waals surface area contributed by atoms with E-state index in [1.165, 1.54) is 18.5 Å². The molecule has 12 nitrogen and oxygen atoms in total. The SMILES string of the molecule is C[C@H]1CN(C2COC2)CCN1c1ccc(Nc2ncnc(-c3ccc(O[C@H]4CCN(C(=O)CCO)CC4(F)F)c(C#N)c3)n2)cc1. The number of piperazine rings is 1. The van der Waals surface area contributed by atoms with Crippen LogP contribution in [-0.4, -0.2) is 112 Å². The number of aliphatic hydroxyl groups is 1. The second-order valence-electron chi connectivity index (χ2n) is 11.8. The molecule has 14 heteroatoms. The van der Waals surface area contributed by atoms with E-state index in [0.717, 1.165) is 49.1 Å². The van der Waals surface area contributed by atoms with Crippen LogP contribution in [0.3, 0.4) is 0 Å². The average Bonchev–Trinajstić information content (AvgIpc) is 3.02. The monoisotopic (exact) mass is 634 g/mol. The number of nitrogens with zero attached hydrogens (tertiary/aromatic N) is 7. The molecule has 6 rings (SSSR count). The zero-order valence-corrected chi connectivity index (χ0v) is 25.5. The Hall–Kier alpha value is -4.45. The zero-order chi connectivity index (χ0) is 32.3. The van der Waals surface area contributed by atoms with Gasteiger partial charge in [-0.3, -0.25) is 9.69 Å². The number of nitrogens with one attached hydrogen (secondary N) is 1. The number of piperidine rings is 1. The molecule has 4 heterocycles. The molecular weight excluding hydrogens is 598 g/mol. The number of halogens is 2. The van der Waals surface area contributed by atoms with Gasteiger partial charge in [0.25, 0.3) is 0 Å². The van der Waals surface area contributed by atoms with Crippen molar-refractivity contribution in [3.63, 3.8) is 0 Å². The number of hydrogen-bond acceptors (Lipinski definition) is 11. The molecule has 3 aliphatic heterocycles. The number of aliphatic hydroxyl groups excluding tert-OH is 1. The number of hydrogen-bond donors (Lipinski definition) is 2. The first-order valence-electron chi connectivity index (χ1n) is 15.4. The summed E-state index contributed by atoms with van der Waals surface area (Å²) in [7, 11) is 0. The minimum absolute atomic E-state index is 0.00587. The Morgan fingerprint density at radius 3 is 2.65 bits per heavy atom. The molecule has 0 radical (unpaired) electrons. The molecule has 242 valence electrons. The van der Waals surface area contributed by atoms with Crippen LogP contribution >= 0.6 is 0 Å². The summed E-state index contributed by atoms with van der Waals surface area (Å²) in [6, 6.07) is 15.5. The fourth-order valence-electron chi connectivity index (χ4n) is 6.04. The summed E-state index contributed by atoms with van der Waals surface area (Å²) in [5.41, 5.74) is 2.48. The summed E-state index contributed by atoms with van der Waals surface area (Å²) in [4.78, 5) is 30.9. The summed E-state index contributed by atoms with van der Waals surface area (Å²) in [5, 5.41) is 21.9. The molecule has 2 atom stereocenters. The lowest BCUT2D eigenvalue weighted by atomic mass is 10.0. The summed E-state index contributed by atoms with van der Waals surface area (Å²) in [6.45, 7) is 5.69. The second-order valence-corrected chi connectivity index (χ2v) is 11.8. The number of likely N-dealkylation sites (tertiary alicyclic amines) is 1. The molecule has 0 unspecified atom stereocenters. The first-order valence-corrected chi connectivity index (χ1v) is 15.4. The number of aromatic nitrogens is 3. The standard InChI is InChI=1S/C32H36F2N8O4/c1-21-16-40(26-17-45-18-26)11-12-42(21)25-5-3-24(4-6-25)38-31-37-20-36-30(39-31)22-2-7-27(23(14-22)15-35)46-28-8-10-41(19-32(28,33)34)29(44)9-13-43/h2-7,14,20-21,26,28,43H,8-13,16-19H2,1H3,(H,36,37,38,39)/t21-,28-/m0/s1. The number of nitriles is 1. The van der Waals surface area contributed by atoms with Gasteiger partial charge in [0.15, 0.2) is 11.9 Å². The Balaban J connectivity index is 1.09. The molecule has 3 aliphatic rings. The first-order chi connectivity index (χ1) is 22.2. The smallest absolute Gasteiger partial charge is 0.301 e. The van der Waals surface area contributed by atoms with Crippen LogP contribution in [0.2, 0.25) is 0 Å². The molecule has 0 bridgehead atoms. The van der Waals surface area contributed by atoms with Gasteiger partial charge in [0.2, 0.25) is 11.9 Å². The van der Waals surface area contributed by atoms with Crippen molar-refractivity contribution in [1.82, 2.24) is 24.8 Å². The highest BCUT2D eigenvalue weighted by atomic mass is 19.3. The maximum Gasteiger partial charge on any atom is 0.301 e. The van der Waals surface area contributed by atoms with Crippen LogP contribution in [0, 0.1) is 11.3 Å². The van der Waals surface area contributed by atoms with Crippen molar-refractivity contribution >= 4 is 23.2 Å². The van der Waals surface area contributed by atoms with Crippen LogP contribution in [-0.2, 0) is 9.53 Å². The summed E-state index contributed by atoms with van der Waals surface area (Å²) < 4.78 is 40.8. The van der Waals surface area contributed by atoms with E-state index in [9.17, 15) is 18.8 Å². The Bertz CT molecular complexity index is 1580. The fraction of sp³-hybridized carbons (Fsp3) is 0.469.